The number of aromatic nitrogens is 4. The smallest absolute Gasteiger partial charge is 0.406 e. The van der Waals surface area contributed by atoms with Crippen molar-refractivity contribution >= 4 is 23.5 Å². The van der Waals surface area contributed by atoms with Crippen molar-refractivity contribution in [2.24, 2.45) is 5.92 Å². The molecule has 10 nitrogen and oxygen atoms in total. The minimum atomic E-state index is -4.81. The maximum absolute atomic E-state index is 12.4. The third-order valence-corrected chi connectivity index (χ3v) is 5.30. The summed E-state index contributed by atoms with van der Waals surface area (Å²) >= 11 is 0. The molecule has 0 atom stereocenters. The van der Waals surface area contributed by atoms with Crippen LogP contribution in [0.4, 0.5) is 24.8 Å². The average molecular weight is 547 g/mol. The molecule has 208 valence electrons. The van der Waals surface area contributed by atoms with Crippen LogP contribution < -0.4 is 21.1 Å². The number of ether oxygens (including phenoxy) is 1. The highest BCUT2D eigenvalue weighted by molar-refractivity contribution is 5.91. The van der Waals surface area contributed by atoms with Crippen LogP contribution in [0.3, 0.4) is 0 Å². The molecule has 0 aliphatic rings. The Bertz CT molecular complexity index is 1330. The normalized spacial score (nSPS) is 11.3. The van der Waals surface area contributed by atoms with Crippen molar-refractivity contribution in [3.05, 3.63) is 70.4 Å². The third kappa shape index (κ3) is 10.5. The number of unbranched alkanes of at least 4 members (excludes halogenated alkanes) is 1. The summed E-state index contributed by atoms with van der Waals surface area (Å²) < 4.78 is 42.5. The molecule has 0 radical (unpaired) electrons. The van der Waals surface area contributed by atoms with E-state index in [1.807, 2.05) is 13.8 Å². The monoisotopic (exact) mass is 546 g/mol. The van der Waals surface area contributed by atoms with Crippen molar-refractivity contribution in [1.29, 1.82) is 0 Å². The molecule has 2 aromatic heterocycles. The number of benzene rings is 1. The third-order valence-electron chi connectivity index (χ3n) is 5.30. The molecule has 1 aromatic carbocycles. The Morgan fingerprint density at radius 2 is 1.77 bits per heavy atom. The number of alkyl halides is 3. The summed E-state index contributed by atoms with van der Waals surface area (Å²) in [5.74, 6) is -0.415. The van der Waals surface area contributed by atoms with E-state index in [1.54, 1.807) is 24.4 Å². The van der Waals surface area contributed by atoms with Gasteiger partial charge in [-0.05, 0) is 61.1 Å². The fourth-order valence-corrected chi connectivity index (χ4v) is 3.61. The van der Waals surface area contributed by atoms with Crippen molar-refractivity contribution in [2.45, 2.75) is 58.9 Å². The van der Waals surface area contributed by atoms with Gasteiger partial charge in [0.2, 0.25) is 11.8 Å². The molecule has 0 fully saturated rings. The Labute approximate surface area is 222 Å². The van der Waals surface area contributed by atoms with Crippen molar-refractivity contribution in [1.82, 2.24) is 19.7 Å². The molecule has 2 amide bonds. The first-order chi connectivity index (χ1) is 18.5. The Balaban J connectivity index is 1.42. The summed E-state index contributed by atoms with van der Waals surface area (Å²) in [5, 5.41) is 13.2. The maximum atomic E-state index is 12.4. The van der Waals surface area contributed by atoms with Gasteiger partial charge in [-0.3, -0.25) is 14.2 Å². The van der Waals surface area contributed by atoms with Crippen LogP contribution in [0.15, 0.2) is 53.5 Å². The zero-order chi connectivity index (χ0) is 28.4. The first kappa shape index (κ1) is 29.3. The summed E-state index contributed by atoms with van der Waals surface area (Å²) in [6, 6.07) is 10.1. The first-order valence-corrected chi connectivity index (χ1v) is 12.3. The minimum absolute atomic E-state index is 0.169. The fraction of sp³-hybridized carbons (Fsp3) is 0.385. The zero-order valence-corrected chi connectivity index (χ0v) is 21.5. The van der Waals surface area contributed by atoms with Gasteiger partial charge in [-0.1, -0.05) is 26.0 Å². The van der Waals surface area contributed by atoms with E-state index < -0.39 is 23.7 Å². The SMILES string of the molecule is CC(C)CC(=O)Nc1ccn(CCCCc2ccc(NC(=O)Cc3cccc(OC(F)(F)F)c3)nn2)c(=O)n1. The van der Waals surface area contributed by atoms with Crippen LogP contribution in [0.2, 0.25) is 0 Å². The quantitative estimate of drug-likeness (QED) is 0.327. The van der Waals surface area contributed by atoms with Crippen LogP contribution in [0.25, 0.3) is 0 Å². The number of carbonyl (C=O) groups is 2. The average Bonchev–Trinajstić information content (AvgIpc) is 2.82. The number of rotatable bonds is 12. The summed E-state index contributed by atoms with van der Waals surface area (Å²) in [4.78, 5) is 40.2. The van der Waals surface area contributed by atoms with Gasteiger partial charge in [-0.25, -0.2) is 4.79 Å². The molecule has 0 unspecified atom stereocenters. The van der Waals surface area contributed by atoms with Crippen LogP contribution in [0.1, 0.15) is 44.4 Å². The lowest BCUT2D eigenvalue weighted by Crippen LogP contribution is -2.25. The van der Waals surface area contributed by atoms with E-state index in [-0.39, 0.29) is 29.9 Å². The number of hydrogen-bond acceptors (Lipinski definition) is 7. The number of amides is 2. The molecule has 0 aliphatic carbocycles. The predicted octanol–water partition coefficient (Wildman–Crippen LogP) is 4.12. The molecular weight excluding hydrogens is 517 g/mol. The van der Waals surface area contributed by atoms with Crippen molar-refractivity contribution in [3.63, 3.8) is 0 Å². The second kappa shape index (κ2) is 13.5. The van der Waals surface area contributed by atoms with Crippen molar-refractivity contribution < 1.29 is 27.5 Å². The van der Waals surface area contributed by atoms with Gasteiger partial charge in [0.05, 0.1) is 12.1 Å². The lowest BCUT2D eigenvalue weighted by molar-refractivity contribution is -0.274. The molecule has 0 bridgehead atoms. The molecule has 39 heavy (non-hydrogen) atoms. The summed E-state index contributed by atoms with van der Waals surface area (Å²) in [7, 11) is 0. The lowest BCUT2D eigenvalue weighted by atomic mass is 10.1. The molecule has 0 saturated carbocycles. The van der Waals surface area contributed by atoms with E-state index in [2.05, 4.69) is 30.6 Å². The van der Waals surface area contributed by atoms with Gasteiger partial charge < -0.3 is 15.4 Å². The Morgan fingerprint density at radius 3 is 2.44 bits per heavy atom. The molecule has 13 heteroatoms. The fourth-order valence-electron chi connectivity index (χ4n) is 3.61. The van der Waals surface area contributed by atoms with E-state index >= 15 is 0 Å². The number of nitrogens with one attached hydrogen (secondary N) is 2. The van der Waals surface area contributed by atoms with E-state index in [4.69, 9.17) is 0 Å². The highest BCUT2D eigenvalue weighted by Gasteiger charge is 2.31. The van der Waals surface area contributed by atoms with E-state index in [1.165, 1.54) is 16.7 Å². The number of anilines is 2. The van der Waals surface area contributed by atoms with Crippen LogP contribution in [-0.2, 0) is 29.0 Å². The van der Waals surface area contributed by atoms with Crippen LogP contribution in [0, 0.1) is 5.92 Å². The van der Waals surface area contributed by atoms with Gasteiger partial charge in [-0.2, -0.15) is 10.1 Å². The maximum Gasteiger partial charge on any atom is 0.573 e. The van der Waals surface area contributed by atoms with E-state index in [0.717, 1.165) is 18.6 Å². The Morgan fingerprint density at radius 1 is 1.00 bits per heavy atom. The summed E-state index contributed by atoms with van der Waals surface area (Å²) in [6.45, 7) is 4.30. The van der Waals surface area contributed by atoms with Gasteiger partial charge in [0.15, 0.2) is 5.82 Å². The molecular formula is C26H29F3N6O4. The number of hydrogen-bond donors (Lipinski definition) is 2. The standard InChI is InChI=1S/C26H29F3N6O4/c1-17(2)14-23(36)30-21-11-13-35(25(38)32-21)12-4-3-7-19-9-10-22(34-33-19)31-24(37)16-18-6-5-8-20(15-18)39-26(27,28)29/h5-6,8-11,13,15,17H,3-4,7,12,14,16H2,1-2H3,(H,31,34,37)(H,30,32,36,38). The van der Waals surface area contributed by atoms with Gasteiger partial charge >= 0.3 is 12.1 Å². The summed E-state index contributed by atoms with van der Waals surface area (Å²) in [6.07, 6.45) is -1.05. The molecule has 2 heterocycles. The molecule has 3 aromatic rings. The van der Waals surface area contributed by atoms with Gasteiger partial charge in [-0.15, -0.1) is 18.3 Å². The van der Waals surface area contributed by atoms with Crippen LogP contribution in [-0.4, -0.2) is 37.9 Å². The van der Waals surface area contributed by atoms with E-state index in [9.17, 15) is 27.6 Å². The van der Waals surface area contributed by atoms with Gasteiger partial charge in [0.25, 0.3) is 0 Å². The molecule has 2 N–H and O–H groups in total. The lowest BCUT2D eigenvalue weighted by Gasteiger charge is -2.10. The second-order valence-corrected chi connectivity index (χ2v) is 9.22. The van der Waals surface area contributed by atoms with Gasteiger partial charge in [0, 0.05) is 19.2 Å². The Hall–Kier alpha value is -4.29. The molecule has 3 rings (SSSR count). The highest BCUT2D eigenvalue weighted by atomic mass is 19.4. The molecule has 0 saturated heterocycles. The number of nitrogens with zero attached hydrogens (tertiary/aromatic N) is 4. The van der Waals surface area contributed by atoms with Crippen molar-refractivity contribution in [3.8, 4) is 5.75 Å². The zero-order valence-electron chi connectivity index (χ0n) is 21.5. The first-order valence-electron chi connectivity index (χ1n) is 12.3. The van der Waals surface area contributed by atoms with Crippen LogP contribution in [0.5, 0.6) is 5.75 Å². The minimum Gasteiger partial charge on any atom is -0.406 e. The summed E-state index contributed by atoms with van der Waals surface area (Å²) in [5.41, 5.74) is 0.592. The largest absolute Gasteiger partial charge is 0.573 e. The van der Waals surface area contributed by atoms with Crippen LogP contribution >= 0.6 is 0 Å². The van der Waals surface area contributed by atoms with E-state index in [0.29, 0.717) is 37.1 Å². The second-order valence-electron chi connectivity index (χ2n) is 9.22. The molecule has 0 spiro atoms. The molecule has 0 aliphatic heterocycles. The number of carbonyl (C=O) groups excluding carboxylic acids is 2. The van der Waals surface area contributed by atoms with Gasteiger partial charge in [0.1, 0.15) is 11.6 Å². The number of aryl methyl sites for hydroxylation is 2. The van der Waals surface area contributed by atoms with Crippen molar-refractivity contribution in [2.75, 3.05) is 10.6 Å². The topological polar surface area (TPSA) is 128 Å². The number of halogens is 3. The Kier molecular flexibility index (Phi) is 10.1. The highest BCUT2D eigenvalue weighted by Crippen LogP contribution is 2.23. The predicted molar refractivity (Wildman–Crippen MR) is 137 cm³/mol.